The number of pyridine rings is 1. The van der Waals surface area contributed by atoms with Gasteiger partial charge in [-0.05, 0) is 104 Å². The molecule has 3 heterocycles. The third kappa shape index (κ3) is 5.81. The molecule has 2 fully saturated rings. The van der Waals surface area contributed by atoms with Crippen molar-refractivity contribution in [3.63, 3.8) is 0 Å². The van der Waals surface area contributed by atoms with Crippen LogP contribution in [0.5, 0.6) is 0 Å². The predicted molar refractivity (Wildman–Crippen MR) is 159 cm³/mol. The maximum absolute atomic E-state index is 14.4. The second kappa shape index (κ2) is 10.8. The van der Waals surface area contributed by atoms with Crippen molar-refractivity contribution < 1.29 is 23.2 Å². The minimum absolute atomic E-state index is 0.0199. The quantitative estimate of drug-likeness (QED) is 0.325. The van der Waals surface area contributed by atoms with Crippen LogP contribution in [0.3, 0.4) is 0 Å². The normalized spacial score (nSPS) is 22.0. The number of rotatable bonds is 5. The zero-order valence-corrected chi connectivity index (χ0v) is 25.4. The molecule has 0 spiro atoms. The summed E-state index contributed by atoms with van der Waals surface area (Å²) in [4.78, 5) is 44.3. The number of hydrogen-bond acceptors (Lipinski definition) is 7. The Kier molecular flexibility index (Phi) is 7.72. The Morgan fingerprint density at radius 3 is 2.33 bits per heavy atom. The van der Waals surface area contributed by atoms with E-state index in [2.05, 4.69) is 4.98 Å². The van der Waals surface area contributed by atoms with Gasteiger partial charge in [0, 0.05) is 12.5 Å². The summed E-state index contributed by atoms with van der Waals surface area (Å²) in [5.74, 6) is -0.812. The largest absolute Gasteiger partial charge is 0.494 e. The monoisotopic (exact) mass is 579 g/mol. The van der Waals surface area contributed by atoms with Gasteiger partial charge in [-0.1, -0.05) is 12.1 Å². The van der Waals surface area contributed by atoms with Crippen LogP contribution in [-0.4, -0.2) is 44.0 Å². The van der Waals surface area contributed by atoms with Crippen molar-refractivity contribution in [2.75, 3.05) is 0 Å². The van der Waals surface area contributed by atoms with Crippen molar-refractivity contribution in [2.45, 2.75) is 103 Å². The van der Waals surface area contributed by atoms with E-state index >= 15 is 0 Å². The Labute approximate surface area is 245 Å². The Bertz CT molecular complexity index is 1620. The van der Waals surface area contributed by atoms with Crippen LogP contribution in [0, 0.1) is 11.7 Å². The molecule has 224 valence electrons. The lowest BCUT2D eigenvalue weighted by Gasteiger charge is -2.32. The molecule has 1 saturated heterocycles. The molecule has 9 nitrogen and oxygen atoms in total. The highest BCUT2D eigenvalue weighted by atomic mass is 19.1. The highest BCUT2D eigenvalue weighted by molar-refractivity contribution is 6.62. The third-order valence-electron chi connectivity index (χ3n) is 8.60. The van der Waals surface area contributed by atoms with E-state index in [0.29, 0.717) is 43.3 Å². The average molecular weight is 579 g/mol. The first-order chi connectivity index (χ1) is 19.6. The number of carbonyl (C=O) groups is 1. The fraction of sp³-hybridized carbons (Fsp3) is 0.548. The van der Waals surface area contributed by atoms with Gasteiger partial charge in [0.05, 0.1) is 28.5 Å². The van der Waals surface area contributed by atoms with E-state index in [9.17, 15) is 18.8 Å². The minimum Gasteiger partial charge on any atom is -0.460 e. The fourth-order valence-electron chi connectivity index (χ4n) is 5.75. The Morgan fingerprint density at radius 1 is 1.07 bits per heavy atom. The maximum atomic E-state index is 14.4. The van der Waals surface area contributed by atoms with Crippen molar-refractivity contribution in [1.82, 2.24) is 14.1 Å². The molecule has 0 N–H and O–H groups in total. The molecule has 0 amide bonds. The molecule has 5 rings (SSSR count). The second-order valence-electron chi connectivity index (χ2n) is 13.5. The summed E-state index contributed by atoms with van der Waals surface area (Å²) >= 11 is 0. The van der Waals surface area contributed by atoms with E-state index in [-0.39, 0.29) is 22.9 Å². The van der Waals surface area contributed by atoms with Crippen LogP contribution in [-0.2, 0) is 18.8 Å². The van der Waals surface area contributed by atoms with E-state index in [1.807, 2.05) is 54.5 Å². The molecule has 1 aliphatic carbocycles. The first-order valence-corrected chi connectivity index (χ1v) is 14.6. The molecule has 2 aromatic heterocycles. The molecule has 1 aromatic carbocycles. The number of hydrogen-bond donors (Lipinski definition) is 0. The first kappa shape index (κ1) is 30.2. The molecule has 42 heavy (non-hydrogen) atoms. The predicted octanol–water partition coefficient (Wildman–Crippen LogP) is 4.45. The number of esters is 1. The molecule has 11 heteroatoms. The van der Waals surface area contributed by atoms with E-state index < -0.39 is 47.0 Å². The molecule has 0 unspecified atom stereocenters. The number of ether oxygens (including phenoxy) is 1. The highest BCUT2D eigenvalue weighted by Gasteiger charge is 2.51. The second-order valence-corrected chi connectivity index (χ2v) is 13.5. The van der Waals surface area contributed by atoms with Crippen LogP contribution in [0.15, 0.2) is 46.1 Å². The number of benzene rings is 1. The van der Waals surface area contributed by atoms with E-state index in [1.54, 1.807) is 18.2 Å². The molecule has 1 aliphatic heterocycles. The maximum Gasteiger partial charge on any atom is 0.494 e. The van der Waals surface area contributed by atoms with Crippen molar-refractivity contribution in [3.05, 3.63) is 63.2 Å². The summed E-state index contributed by atoms with van der Waals surface area (Å²) < 4.78 is 34.8. The summed E-state index contributed by atoms with van der Waals surface area (Å²) in [6.45, 7) is 13.4. The molecule has 0 bridgehead atoms. The molecule has 1 saturated carbocycles. The van der Waals surface area contributed by atoms with Crippen molar-refractivity contribution in [2.24, 2.45) is 5.92 Å². The molecule has 0 radical (unpaired) electrons. The van der Waals surface area contributed by atoms with Crippen molar-refractivity contribution >= 4 is 29.6 Å². The number of fused-ring (bicyclic) bond motifs is 1. The lowest BCUT2D eigenvalue weighted by Crippen LogP contribution is -2.43. The smallest absolute Gasteiger partial charge is 0.460 e. The zero-order chi connectivity index (χ0) is 30.6. The number of halogens is 1. The number of aromatic nitrogens is 3. The molecule has 2 aliphatic rings. The van der Waals surface area contributed by atoms with Gasteiger partial charge in [0.15, 0.2) is 5.65 Å². The van der Waals surface area contributed by atoms with Gasteiger partial charge in [0.1, 0.15) is 11.4 Å². The molecular weight excluding hydrogens is 540 g/mol. The van der Waals surface area contributed by atoms with Gasteiger partial charge in [-0.25, -0.2) is 18.7 Å². The third-order valence-corrected chi connectivity index (χ3v) is 8.60. The van der Waals surface area contributed by atoms with Crippen LogP contribution in [0.1, 0.15) is 86.6 Å². The van der Waals surface area contributed by atoms with Gasteiger partial charge in [-0.2, -0.15) is 0 Å². The number of carbonyl (C=O) groups excluding carboxylic acids is 1. The van der Waals surface area contributed by atoms with Gasteiger partial charge in [0.2, 0.25) is 0 Å². The molecule has 0 atom stereocenters. The summed E-state index contributed by atoms with van der Waals surface area (Å²) in [5, 5.41) is 0.0199. The topological polar surface area (TPSA) is 102 Å². The van der Waals surface area contributed by atoms with E-state index in [4.69, 9.17) is 14.0 Å². The lowest BCUT2D eigenvalue weighted by atomic mass is 9.79. The van der Waals surface area contributed by atoms with Gasteiger partial charge < -0.3 is 14.0 Å². The summed E-state index contributed by atoms with van der Waals surface area (Å²) in [6.07, 6.45) is 3.68. The summed E-state index contributed by atoms with van der Waals surface area (Å²) in [6, 6.07) is 7.89. The first-order valence-electron chi connectivity index (χ1n) is 14.6. The van der Waals surface area contributed by atoms with Crippen molar-refractivity contribution in [3.8, 4) is 5.69 Å². The van der Waals surface area contributed by atoms with Crippen LogP contribution in [0.2, 0.25) is 0 Å². The van der Waals surface area contributed by atoms with Crippen molar-refractivity contribution in [1.29, 1.82) is 0 Å². The Hall–Kier alpha value is -3.31. The van der Waals surface area contributed by atoms with E-state index in [1.165, 1.54) is 9.13 Å². The minimum atomic E-state index is -0.664. The molecular formula is C31H39BFN3O6. The van der Waals surface area contributed by atoms with Gasteiger partial charge in [-0.15, -0.1) is 0 Å². The SMILES string of the molecule is CC(C)(C)OC(=O)CC1CCC(n2c(=O)c3cc(F)cnc3n(-c3cccc(B4OC(C)(C)C(C)(C)O4)c3)c2=O)CC1. The van der Waals surface area contributed by atoms with Crippen LogP contribution < -0.4 is 16.7 Å². The van der Waals surface area contributed by atoms with Gasteiger partial charge in [-0.3, -0.25) is 14.2 Å². The zero-order valence-electron chi connectivity index (χ0n) is 25.4. The Balaban J connectivity index is 1.51. The average Bonchev–Trinajstić information content (AvgIpc) is 3.11. The fourth-order valence-corrected chi connectivity index (χ4v) is 5.75. The lowest BCUT2D eigenvalue weighted by molar-refractivity contribution is -0.156. The van der Waals surface area contributed by atoms with E-state index in [0.717, 1.165) is 12.3 Å². The van der Waals surface area contributed by atoms with Gasteiger partial charge >= 0.3 is 18.8 Å². The van der Waals surface area contributed by atoms with Crippen LogP contribution in [0.4, 0.5) is 4.39 Å². The Morgan fingerprint density at radius 2 is 1.71 bits per heavy atom. The summed E-state index contributed by atoms with van der Waals surface area (Å²) in [5.41, 5.74) is -1.53. The highest BCUT2D eigenvalue weighted by Crippen LogP contribution is 2.37. The standard InChI is InChI=1S/C31H39BFN3O6/c1-29(2,3)40-25(37)15-19-11-13-22(14-12-19)36-27(38)24-17-21(33)18-34-26(24)35(28(36)39)23-10-8-9-20(16-23)32-41-30(4,5)31(6,7)42-32/h8-10,16-19,22H,11-15H2,1-7H3. The van der Waals surface area contributed by atoms with Crippen LogP contribution >= 0.6 is 0 Å². The van der Waals surface area contributed by atoms with Gasteiger partial charge in [0.25, 0.3) is 5.56 Å². The summed E-state index contributed by atoms with van der Waals surface area (Å²) in [7, 11) is -0.659. The number of nitrogens with zero attached hydrogens (tertiary/aromatic N) is 3. The molecule has 3 aromatic rings. The van der Waals surface area contributed by atoms with Crippen LogP contribution in [0.25, 0.3) is 16.7 Å².